The number of halogens is 1. The fourth-order valence-corrected chi connectivity index (χ4v) is 2.29. The van der Waals surface area contributed by atoms with E-state index in [1.54, 1.807) is 37.5 Å². The molecule has 0 saturated heterocycles. The van der Waals surface area contributed by atoms with E-state index in [1.807, 2.05) is 26.0 Å². The van der Waals surface area contributed by atoms with Crippen LogP contribution in [0, 0.1) is 18.7 Å². The zero-order valence-corrected chi connectivity index (χ0v) is 13.6. The SMILES string of the molecule is Cc1cc(/C(=C/C(=O)NCc2ccncc2)C(C)C)ccc1F. The lowest BCUT2D eigenvalue weighted by Crippen LogP contribution is -2.21. The first-order valence-corrected chi connectivity index (χ1v) is 7.62. The molecule has 1 aromatic heterocycles. The second kappa shape index (κ2) is 7.68. The number of carbonyl (C=O) groups is 1. The van der Waals surface area contributed by atoms with E-state index in [2.05, 4.69) is 10.3 Å². The monoisotopic (exact) mass is 312 g/mol. The number of pyridine rings is 1. The largest absolute Gasteiger partial charge is 0.348 e. The smallest absolute Gasteiger partial charge is 0.244 e. The minimum atomic E-state index is -0.237. The van der Waals surface area contributed by atoms with Gasteiger partial charge in [0.05, 0.1) is 0 Å². The third-order valence-electron chi connectivity index (χ3n) is 3.62. The molecule has 4 heteroatoms. The Hall–Kier alpha value is -2.49. The second-order valence-corrected chi connectivity index (χ2v) is 5.79. The Balaban J connectivity index is 2.14. The first-order chi connectivity index (χ1) is 11.0. The van der Waals surface area contributed by atoms with Gasteiger partial charge >= 0.3 is 0 Å². The molecule has 0 radical (unpaired) electrons. The minimum absolute atomic E-state index is 0.159. The van der Waals surface area contributed by atoms with Gasteiger partial charge in [-0.2, -0.15) is 0 Å². The molecule has 0 unspecified atom stereocenters. The van der Waals surface area contributed by atoms with E-state index in [1.165, 1.54) is 6.07 Å². The summed E-state index contributed by atoms with van der Waals surface area (Å²) in [5.74, 6) is -0.238. The molecule has 0 bridgehead atoms. The molecule has 1 N–H and O–H groups in total. The molecule has 3 nitrogen and oxygen atoms in total. The van der Waals surface area contributed by atoms with E-state index in [0.717, 1.165) is 16.7 Å². The topological polar surface area (TPSA) is 42.0 Å². The predicted molar refractivity (Wildman–Crippen MR) is 90.0 cm³/mol. The van der Waals surface area contributed by atoms with Crippen molar-refractivity contribution in [2.45, 2.75) is 27.3 Å². The maximum Gasteiger partial charge on any atom is 0.244 e. The summed E-state index contributed by atoms with van der Waals surface area (Å²) in [5.41, 5.74) is 3.33. The van der Waals surface area contributed by atoms with Gasteiger partial charge in [0.25, 0.3) is 0 Å². The summed E-state index contributed by atoms with van der Waals surface area (Å²) in [4.78, 5) is 16.1. The van der Waals surface area contributed by atoms with E-state index in [4.69, 9.17) is 0 Å². The number of benzene rings is 1. The molecule has 0 fully saturated rings. The third kappa shape index (κ3) is 4.74. The van der Waals surface area contributed by atoms with Crippen LogP contribution in [-0.2, 0) is 11.3 Å². The molecular weight excluding hydrogens is 291 g/mol. The van der Waals surface area contributed by atoms with E-state index in [-0.39, 0.29) is 17.6 Å². The van der Waals surface area contributed by atoms with Crippen LogP contribution in [0.5, 0.6) is 0 Å². The minimum Gasteiger partial charge on any atom is -0.348 e. The van der Waals surface area contributed by atoms with Crippen molar-refractivity contribution in [1.29, 1.82) is 0 Å². The van der Waals surface area contributed by atoms with Crippen molar-refractivity contribution >= 4 is 11.5 Å². The lowest BCUT2D eigenvalue weighted by Gasteiger charge is -2.13. The fourth-order valence-electron chi connectivity index (χ4n) is 2.29. The fraction of sp³-hybridized carbons (Fsp3) is 0.263. The van der Waals surface area contributed by atoms with Crippen molar-refractivity contribution in [3.63, 3.8) is 0 Å². The summed E-state index contributed by atoms with van der Waals surface area (Å²) >= 11 is 0. The van der Waals surface area contributed by atoms with E-state index in [0.29, 0.717) is 12.1 Å². The van der Waals surface area contributed by atoms with Gasteiger partial charge in [-0.1, -0.05) is 19.9 Å². The highest BCUT2D eigenvalue weighted by molar-refractivity contribution is 5.95. The summed E-state index contributed by atoms with van der Waals surface area (Å²) in [6.45, 7) is 6.20. The number of hydrogen-bond acceptors (Lipinski definition) is 2. The van der Waals surface area contributed by atoms with Crippen molar-refractivity contribution in [1.82, 2.24) is 10.3 Å². The van der Waals surface area contributed by atoms with Crippen LogP contribution in [0.1, 0.15) is 30.5 Å². The van der Waals surface area contributed by atoms with Crippen molar-refractivity contribution in [3.8, 4) is 0 Å². The van der Waals surface area contributed by atoms with Gasteiger partial charge in [0.15, 0.2) is 0 Å². The summed E-state index contributed by atoms with van der Waals surface area (Å²) in [6, 6.07) is 8.64. The van der Waals surface area contributed by atoms with Gasteiger partial charge < -0.3 is 5.32 Å². The number of carbonyl (C=O) groups excluding carboxylic acids is 1. The molecule has 1 amide bonds. The average Bonchev–Trinajstić information content (AvgIpc) is 2.54. The third-order valence-corrected chi connectivity index (χ3v) is 3.62. The number of nitrogens with one attached hydrogen (secondary N) is 1. The zero-order chi connectivity index (χ0) is 16.8. The summed E-state index contributed by atoms with van der Waals surface area (Å²) in [7, 11) is 0. The standard InChI is InChI=1S/C19H21FN2O/c1-13(2)17(16-4-5-18(20)14(3)10-16)11-19(23)22-12-15-6-8-21-9-7-15/h4-11,13H,12H2,1-3H3,(H,22,23)/b17-11+. The summed E-state index contributed by atoms with van der Waals surface area (Å²) in [5, 5.41) is 2.86. The van der Waals surface area contributed by atoms with Gasteiger partial charge in [0, 0.05) is 25.0 Å². The highest BCUT2D eigenvalue weighted by Crippen LogP contribution is 2.24. The van der Waals surface area contributed by atoms with E-state index < -0.39 is 0 Å². The molecule has 23 heavy (non-hydrogen) atoms. The Morgan fingerprint density at radius 2 is 1.96 bits per heavy atom. The average molecular weight is 312 g/mol. The van der Waals surface area contributed by atoms with Gasteiger partial charge in [-0.25, -0.2) is 4.39 Å². The van der Waals surface area contributed by atoms with Gasteiger partial charge in [0.1, 0.15) is 5.82 Å². The number of hydrogen-bond donors (Lipinski definition) is 1. The molecular formula is C19H21FN2O. The molecule has 2 aromatic rings. The van der Waals surface area contributed by atoms with Crippen LogP contribution in [0.15, 0.2) is 48.8 Å². The van der Waals surface area contributed by atoms with Crippen LogP contribution in [-0.4, -0.2) is 10.9 Å². The molecule has 0 aliphatic heterocycles. The summed E-state index contributed by atoms with van der Waals surface area (Å²) < 4.78 is 13.4. The molecule has 0 saturated carbocycles. The number of allylic oxidation sites excluding steroid dienone is 1. The first kappa shape index (κ1) is 16.9. The van der Waals surface area contributed by atoms with Crippen molar-refractivity contribution in [2.24, 2.45) is 5.92 Å². The van der Waals surface area contributed by atoms with Gasteiger partial charge in [0.2, 0.25) is 5.91 Å². The van der Waals surface area contributed by atoms with Crippen LogP contribution in [0.25, 0.3) is 5.57 Å². The molecule has 0 atom stereocenters. The first-order valence-electron chi connectivity index (χ1n) is 7.62. The number of nitrogens with zero attached hydrogens (tertiary/aromatic N) is 1. The molecule has 0 aliphatic carbocycles. The zero-order valence-electron chi connectivity index (χ0n) is 13.6. The van der Waals surface area contributed by atoms with Crippen LogP contribution in [0.2, 0.25) is 0 Å². The second-order valence-electron chi connectivity index (χ2n) is 5.79. The Morgan fingerprint density at radius 3 is 2.57 bits per heavy atom. The van der Waals surface area contributed by atoms with Crippen LogP contribution >= 0.6 is 0 Å². The molecule has 0 spiro atoms. The van der Waals surface area contributed by atoms with Gasteiger partial charge in [-0.15, -0.1) is 0 Å². The Morgan fingerprint density at radius 1 is 1.26 bits per heavy atom. The van der Waals surface area contributed by atoms with Gasteiger partial charge in [-0.3, -0.25) is 9.78 Å². The highest BCUT2D eigenvalue weighted by atomic mass is 19.1. The molecule has 1 aromatic carbocycles. The van der Waals surface area contributed by atoms with Crippen molar-refractivity contribution in [3.05, 3.63) is 71.3 Å². The Labute approximate surface area is 136 Å². The molecule has 120 valence electrons. The maximum absolute atomic E-state index is 13.4. The number of aromatic nitrogens is 1. The van der Waals surface area contributed by atoms with Crippen LogP contribution in [0.4, 0.5) is 4.39 Å². The van der Waals surface area contributed by atoms with Crippen LogP contribution < -0.4 is 5.32 Å². The molecule has 1 heterocycles. The number of aryl methyl sites for hydroxylation is 1. The lowest BCUT2D eigenvalue weighted by atomic mass is 9.93. The normalized spacial score (nSPS) is 11.6. The maximum atomic E-state index is 13.4. The van der Waals surface area contributed by atoms with E-state index in [9.17, 15) is 9.18 Å². The quantitative estimate of drug-likeness (QED) is 0.851. The predicted octanol–water partition coefficient (Wildman–Crippen LogP) is 3.88. The molecule has 0 aliphatic rings. The lowest BCUT2D eigenvalue weighted by molar-refractivity contribution is -0.116. The van der Waals surface area contributed by atoms with Crippen molar-refractivity contribution in [2.75, 3.05) is 0 Å². The highest BCUT2D eigenvalue weighted by Gasteiger charge is 2.10. The number of rotatable bonds is 5. The van der Waals surface area contributed by atoms with E-state index >= 15 is 0 Å². The van der Waals surface area contributed by atoms with Crippen LogP contribution in [0.3, 0.4) is 0 Å². The summed E-state index contributed by atoms with van der Waals surface area (Å²) in [6.07, 6.45) is 4.98. The molecule has 2 rings (SSSR count). The Bertz CT molecular complexity index is 709. The van der Waals surface area contributed by atoms with Gasteiger partial charge in [-0.05, 0) is 59.4 Å². The Kier molecular flexibility index (Phi) is 5.63. The number of amides is 1. The van der Waals surface area contributed by atoms with Crippen molar-refractivity contribution < 1.29 is 9.18 Å².